The third kappa shape index (κ3) is 3.02. The molecule has 4 heteroatoms. The van der Waals surface area contributed by atoms with Crippen molar-refractivity contribution >= 4 is 11.4 Å². The molecule has 2 aromatic rings. The van der Waals surface area contributed by atoms with Gasteiger partial charge in [0.15, 0.2) is 0 Å². The maximum Gasteiger partial charge on any atom is 0.101 e. The minimum Gasteiger partial charge on any atom is -0.398 e. The fourth-order valence-electron chi connectivity index (χ4n) is 1.90. The molecule has 0 aliphatic carbocycles. The van der Waals surface area contributed by atoms with E-state index in [0.29, 0.717) is 17.8 Å². The first-order chi connectivity index (χ1) is 9.10. The zero-order valence-corrected chi connectivity index (χ0v) is 11.1. The van der Waals surface area contributed by atoms with Gasteiger partial charge in [-0.15, -0.1) is 0 Å². The molecule has 2 rings (SSSR count). The van der Waals surface area contributed by atoms with Gasteiger partial charge >= 0.3 is 0 Å². The highest BCUT2D eigenvalue weighted by molar-refractivity contribution is 5.62. The summed E-state index contributed by atoms with van der Waals surface area (Å²) < 4.78 is 0. The van der Waals surface area contributed by atoms with Crippen LogP contribution in [-0.2, 0) is 6.54 Å². The summed E-state index contributed by atoms with van der Waals surface area (Å²) in [6, 6.07) is 13.5. The van der Waals surface area contributed by atoms with Gasteiger partial charge in [-0.25, -0.2) is 0 Å². The molecule has 0 unspecified atom stereocenters. The highest BCUT2D eigenvalue weighted by Gasteiger charge is 2.06. The first-order valence-electron chi connectivity index (χ1n) is 6.03. The van der Waals surface area contributed by atoms with Crippen LogP contribution >= 0.6 is 0 Å². The Morgan fingerprint density at radius 2 is 2.11 bits per heavy atom. The number of rotatable bonds is 3. The molecule has 4 nitrogen and oxygen atoms in total. The predicted octanol–water partition coefficient (Wildman–Crippen LogP) is 2.48. The first kappa shape index (κ1) is 12.9. The molecule has 1 aromatic carbocycles. The van der Waals surface area contributed by atoms with Crippen molar-refractivity contribution in [3.05, 3.63) is 53.3 Å². The maximum atomic E-state index is 8.99. The van der Waals surface area contributed by atoms with E-state index in [0.717, 1.165) is 17.1 Å². The van der Waals surface area contributed by atoms with Crippen LogP contribution in [0.1, 0.15) is 17.0 Å². The Kier molecular flexibility index (Phi) is 3.67. The fraction of sp³-hybridized carbons (Fsp3) is 0.200. The Balaban J connectivity index is 2.21. The van der Waals surface area contributed by atoms with Gasteiger partial charge in [0.05, 0.1) is 17.8 Å². The lowest BCUT2D eigenvalue weighted by atomic mass is 10.1. The normalized spacial score (nSPS) is 9.95. The number of benzene rings is 1. The second-order valence-corrected chi connectivity index (χ2v) is 4.51. The minimum absolute atomic E-state index is 0.501. The lowest BCUT2D eigenvalue weighted by Gasteiger charge is -2.19. The molecule has 0 fully saturated rings. The highest BCUT2D eigenvalue weighted by atomic mass is 15.1. The molecule has 0 spiro atoms. The molecule has 96 valence electrons. The zero-order chi connectivity index (χ0) is 13.8. The Morgan fingerprint density at radius 1 is 1.32 bits per heavy atom. The second kappa shape index (κ2) is 5.40. The van der Waals surface area contributed by atoms with Crippen molar-refractivity contribution in [3.8, 4) is 6.07 Å². The summed E-state index contributed by atoms with van der Waals surface area (Å²) in [5.41, 5.74) is 9.68. The molecule has 0 amide bonds. The molecule has 19 heavy (non-hydrogen) atoms. The quantitative estimate of drug-likeness (QED) is 0.852. The van der Waals surface area contributed by atoms with Gasteiger partial charge in [0, 0.05) is 24.1 Å². The fourth-order valence-corrected chi connectivity index (χ4v) is 1.90. The lowest BCUT2D eigenvalue weighted by Crippen LogP contribution is -2.17. The highest BCUT2D eigenvalue weighted by Crippen LogP contribution is 2.20. The number of aryl methyl sites for hydroxylation is 1. The van der Waals surface area contributed by atoms with Crippen LogP contribution in [0.4, 0.5) is 11.4 Å². The van der Waals surface area contributed by atoms with Crippen LogP contribution in [0.3, 0.4) is 0 Å². The summed E-state index contributed by atoms with van der Waals surface area (Å²) in [6.45, 7) is 2.66. The monoisotopic (exact) mass is 252 g/mol. The summed E-state index contributed by atoms with van der Waals surface area (Å²) in [5, 5.41) is 8.99. The van der Waals surface area contributed by atoms with E-state index in [1.54, 1.807) is 12.1 Å². The molecule has 0 bridgehead atoms. The average Bonchev–Trinajstić information content (AvgIpc) is 2.39. The van der Waals surface area contributed by atoms with Gasteiger partial charge in [-0.3, -0.25) is 4.98 Å². The molecule has 2 N–H and O–H groups in total. The van der Waals surface area contributed by atoms with Crippen molar-refractivity contribution < 1.29 is 0 Å². The van der Waals surface area contributed by atoms with Crippen LogP contribution in [0, 0.1) is 18.3 Å². The van der Waals surface area contributed by atoms with Gasteiger partial charge in [0.2, 0.25) is 0 Å². The van der Waals surface area contributed by atoms with Crippen LogP contribution in [0.15, 0.2) is 36.4 Å². The van der Waals surface area contributed by atoms with Crippen LogP contribution in [0.5, 0.6) is 0 Å². The van der Waals surface area contributed by atoms with Gasteiger partial charge in [0.1, 0.15) is 6.07 Å². The molecule has 0 saturated heterocycles. The van der Waals surface area contributed by atoms with Crippen molar-refractivity contribution in [2.45, 2.75) is 13.5 Å². The Hall–Kier alpha value is -2.54. The summed E-state index contributed by atoms with van der Waals surface area (Å²) in [6.07, 6.45) is 0. The molecular weight excluding hydrogens is 236 g/mol. The molecule has 0 radical (unpaired) electrons. The van der Waals surface area contributed by atoms with Crippen molar-refractivity contribution in [2.75, 3.05) is 17.7 Å². The van der Waals surface area contributed by atoms with Crippen molar-refractivity contribution in [2.24, 2.45) is 0 Å². The van der Waals surface area contributed by atoms with Gasteiger partial charge in [-0.1, -0.05) is 6.07 Å². The molecule has 0 aliphatic heterocycles. The number of nitrogen functional groups attached to an aromatic ring is 1. The number of aromatic nitrogens is 1. The van der Waals surface area contributed by atoms with E-state index < -0.39 is 0 Å². The van der Waals surface area contributed by atoms with E-state index in [-0.39, 0.29) is 0 Å². The van der Waals surface area contributed by atoms with E-state index in [1.807, 2.05) is 43.1 Å². The third-order valence-corrected chi connectivity index (χ3v) is 2.94. The number of hydrogen-bond acceptors (Lipinski definition) is 4. The second-order valence-electron chi connectivity index (χ2n) is 4.51. The Bertz CT molecular complexity index is 628. The maximum absolute atomic E-state index is 8.99. The van der Waals surface area contributed by atoms with E-state index in [2.05, 4.69) is 11.1 Å². The number of nitrogens with zero attached hydrogens (tertiary/aromatic N) is 3. The third-order valence-electron chi connectivity index (χ3n) is 2.94. The van der Waals surface area contributed by atoms with Crippen molar-refractivity contribution in [3.63, 3.8) is 0 Å². The molecule has 0 saturated carbocycles. The van der Waals surface area contributed by atoms with E-state index in [9.17, 15) is 0 Å². The van der Waals surface area contributed by atoms with Crippen LogP contribution in [-0.4, -0.2) is 12.0 Å². The summed E-state index contributed by atoms with van der Waals surface area (Å²) in [7, 11) is 1.97. The summed E-state index contributed by atoms with van der Waals surface area (Å²) >= 11 is 0. The molecular formula is C15H16N4. The summed E-state index contributed by atoms with van der Waals surface area (Å²) in [5.74, 6) is 0. The van der Waals surface area contributed by atoms with Crippen LogP contribution in [0.25, 0.3) is 0 Å². The van der Waals surface area contributed by atoms with E-state index in [4.69, 9.17) is 11.0 Å². The first-order valence-corrected chi connectivity index (χ1v) is 6.03. The van der Waals surface area contributed by atoms with Gasteiger partial charge < -0.3 is 10.6 Å². The number of nitriles is 1. The van der Waals surface area contributed by atoms with Gasteiger partial charge in [0.25, 0.3) is 0 Å². The smallest absolute Gasteiger partial charge is 0.101 e. The molecule has 0 aliphatic rings. The average molecular weight is 252 g/mol. The van der Waals surface area contributed by atoms with Crippen molar-refractivity contribution in [1.82, 2.24) is 4.98 Å². The van der Waals surface area contributed by atoms with Gasteiger partial charge in [-0.2, -0.15) is 5.26 Å². The number of anilines is 2. The largest absolute Gasteiger partial charge is 0.398 e. The van der Waals surface area contributed by atoms with Crippen LogP contribution < -0.4 is 10.6 Å². The Labute approximate surface area is 113 Å². The zero-order valence-electron chi connectivity index (χ0n) is 11.1. The van der Waals surface area contributed by atoms with E-state index in [1.165, 1.54) is 0 Å². The molecule has 1 aromatic heterocycles. The number of hydrogen-bond donors (Lipinski definition) is 1. The Morgan fingerprint density at radius 3 is 2.79 bits per heavy atom. The van der Waals surface area contributed by atoms with Crippen LogP contribution in [0.2, 0.25) is 0 Å². The SMILES string of the molecule is Cc1cccc(CN(C)c2ccc(N)c(C#N)c2)n1. The standard InChI is InChI=1S/C15H16N4/c1-11-4-3-5-13(18-11)10-19(2)14-6-7-15(17)12(8-14)9-16/h3-8H,10,17H2,1-2H3. The topological polar surface area (TPSA) is 65.9 Å². The lowest BCUT2D eigenvalue weighted by molar-refractivity contribution is 0.877. The van der Waals surface area contributed by atoms with E-state index >= 15 is 0 Å². The molecule has 0 atom stereocenters. The van der Waals surface area contributed by atoms with Crippen molar-refractivity contribution in [1.29, 1.82) is 5.26 Å². The predicted molar refractivity (Wildman–Crippen MR) is 76.7 cm³/mol. The number of nitrogens with two attached hydrogens (primary N) is 1. The summed E-state index contributed by atoms with van der Waals surface area (Å²) in [4.78, 5) is 6.51. The molecule has 1 heterocycles. The number of pyridine rings is 1. The van der Waals surface area contributed by atoms with Gasteiger partial charge in [-0.05, 0) is 37.3 Å². The minimum atomic E-state index is 0.501.